The van der Waals surface area contributed by atoms with Crippen molar-refractivity contribution in [3.8, 4) is 0 Å². The second kappa shape index (κ2) is 9.42. The van der Waals surface area contributed by atoms with E-state index in [1.807, 2.05) is 35.2 Å². The Hall–Kier alpha value is -2.07. The zero-order valence-corrected chi connectivity index (χ0v) is 17.6. The molecule has 0 aliphatic carbocycles. The molecule has 1 aliphatic heterocycles. The van der Waals surface area contributed by atoms with Gasteiger partial charge in [0.25, 0.3) is 5.91 Å². The van der Waals surface area contributed by atoms with Crippen molar-refractivity contribution in [1.82, 2.24) is 14.6 Å². The number of rotatable bonds is 6. The van der Waals surface area contributed by atoms with Gasteiger partial charge in [-0.25, -0.2) is 13.8 Å². The van der Waals surface area contributed by atoms with Crippen LogP contribution in [-0.4, -0.2) is 62.5 Å². The third kappa shape index (κ3) is 5.48. The molecular formula is C19H21BrN4O3S. The lowest BCUT2D eigenvalue weighted by Gasteiger charge is -2.33. The number of amides is 1. The molecule has 1 fully saturated rings. The fourth-order valence-corrected chi connectivity index (χ4v) is 4.53. The zero-order valence-electron chi connectivity index (χ0n) is 15.2. The van der Waals surface area contributed by atoms with Crippen LogP contribution in [0.1, 0.15) is 5.56 Å². The van der Waals surface area contributed by atoms with Crippen LogP contribution in [0.15, 0.2) is 69.1 Å². The van der Waals surface area contributed by atoms with Gasteiger partial charge in [-0.1, -0.05) is 46.3 Å². The number of carbonyl (C=O) groups excluding carboxylic acids is 1. The maximum Gasteiger partial charge on any atom is 0.254 e. The smallest absolute Gasteiger partial charge is 0.254 e. The molecule has 0 aromatic heterocycles. The zero-order chi connectivity index (χ0) is 20.0. The predicted octanol–water partition coefficient (Wildman–Crippen LogP) is 1.91. The first-order chi connectivity index (χ1) is 13.4. The molecule has 1 N–H and O–H groups in total. The average molecular weight is 465 g/mol. The highest BCUT2D eigenvalue weighted by Crippen LogP contribution is 2.20. The molecule has 1 amide bonds. The van der Waals surface area contributed by atoms with Crippen LogP contribution in [-0.2, 0) is 14.8 Å². The number of benzene rings is 2. The van der Waals surface area contributed by atoms with Gasteiger partial charge in [-0.2, -0.15) is 9.41 Å². The van der Waals surface area contributed by atoms with Gasteiger partial charge in [0, 0.05) is 30.7 Å². The van der Waals surface area contributed by atoms with Gasteiger partial charge in [0.1, 0.15) is 0 Å². The molecular weight excluding hydrogens is 444 g/mol. The van der Waals surface area contributed by atoms with Crippen molar-refractivity contribution in [2.75, 3.05) is 32.7 Å². The van der Waals surface area contributed by atoms with Crippen LogP contribution in [0.5, 0.6) is 0 Å². The predicted molar refractivity (Wildman–Crippen MR) is 112 cm³/mol. The Kier molecular flexibility index (Phi) is 6.95. The fraction of sp³-hybridized carbons (Fsp3) is 0.263. The number of hydrazone groups is 1. The SMILES string of the molecule is O=C(CN1CCN(S(=O)(=O)c2ccc(Br)cc2)CC1)N/N=C\c1ccccc1. The standard InChI is InChI=1S/C19H21BrN4O3S/c20-17-6-8-18(9-7-17)28(26,27)24-12-10-23(11-13-24)15-19(25)22-21-14-16-4-2-1-3-5-16/h1-9,14H,10-13,15H2,(H,22,25)/b21-14-. The van der Waals surface area contributed by atoms with Gasteiger partial charge in [-0.3, -0.25) is 9.69 Å². The highest BCUT2D eigenvalue weighted by Gasteiger charge is 2.28. The number of carbonyl (C=O) groups is 1. The second-order valence-electron chi connectivity index (χ2n) is 6.34. The van der Waals surface area contributed by atoms with Crippen LogP contribution in [0.3, 0.4) is 0 Å². The van der Waals surface area contributed by atoms with Crippen LogP contribution in [0.4, 0.5) is 0 Å². The molecule has 7 nitrogen and oxygen atoms in total. The Morgan fingerprint density at radius 2 is 1.68 bits per heavy atom. The van der Waals surface area contributed by atoms with Gasteiger partial charge in [0.15, 0.2) is 0 Å². The Labute approximate surface area is 173 Å². The summed E-state index contributed by atoms with van der Waals surface area (Å²) in [4.78, 5) is 14.2. The van der Waals surface area contributed by atoms with Crippen molar-refractivity contribution in [3.63, 3.8) is 0 Å². The number of nitrogens with zero attached hydrogens (tertiary/aromatic N) is 3. The van der Waals surface area contributed by atoms with E-state index >= 15 is 0 Å². The van der Waals surface area contributed by atoms with E-state index in [-0.39, 0.29) is 17.3 Å². The van der Waals surface area contributed by atoms with E-state index in [0.29, 0.717) is 26.2 Å². The summed E-state index contributed by atoms with van der Waals surface area (Å²) in [6.07, 6.45) is 1.58. The van der Waals surface area contributed by atoms with Gasteiger partial charge in [-0.05, 0) is 29.8 Å². The molecule has 1 saturated heterocycles. The molecule has 1 aliphatic rings. The third-order valence-electron chi connectivity index (χ3n) is 4.35. The quantitative estimate of drug-likeness (QED) is 0.522. The minimum atomic E-state index is -3.51. The molecule has 0 bridgehead atoms. The summed E-state index contributed by atoms with van der Waals surface area (Å²) in [6, 6.07) is 16.1. The van der Waals surface area contributed by atoms with Gasteiger partial charge in [0.05, 0.1) is 17.7 Å². The van der Waals surface area contributed by atoms with E-state index in [2.05, 4.69) is 26.5 Å². The number of piperazine rings is 1. The number of hydrogen-bond donors (Lipinski definition) is 1. The maximum absolute atomic E-state index is 12.7. The summed E-state index contributed by atoms with van der Waals surface area (Å²) in [6.45, 7) is 1.85. The van der Waals surface area contributed by atoms with Crippen molar-refractivity contribution < 1.29 is 13.2 Å². The van der Waals surface area contributed by atoms with E-state index in [0.717, 1.165) is 10.0 Å². The molecule has 1 heterocycles. The van der Waals surface area contributed by atoms with Crippen LogP contribution >= 0.6 is 15.9 Å². The summed E-state index contributed by atoms with van der Waals surface area (Å²) < 4.78 is 27.7. The minimum Gasteiger partial charge on any atom is -0.292 e. The molecule has 148 valence electrons. The van der Waals surface area contributed by atoms with Crippen LogP contribution in [0, 0.1) is 0 Å². The number of sulfonamides is 1. The molecule has 0 spiro atoms. The number of hydrogen-bond acceptors (Lipinski definition) is 5. The topological polar surface area (TPSA) is 82.1 Å². The van der Waals surface area contributed by atoms with E-state index in [1.165, 1.54) is 4.31 Å². The lowest BCUT2D eigenvalue weighted by molar-refractivity contribution is -0.122. The molecule has 9 heteroatoms. The van der Waals surface area contributed by atoms with E-state index in [1.54, 1.807) is 30.5 Å². The van der Waals surface area contributed by atoms with Crippen LogP contribution in [0.2, 0.25) is 0 Å². The lowest BCUT2D eigenvalue weighted by atomic mass is 10.2. The van der Waals surface area contributed by atoms with Crippen molar-refractivity contribution in [3.05, 3.63) is 64.6 Å². The van der Waals surface area contributed by atoms with Crippen LogP contribution < -0.4 is 5.43 Å². The Morgan fingerprint density at radius 3 is 2.32 bits per heavy atom. The van der Waals surface area contributed by atoms with Gasteiger partial charge in [-0.15, -0.1) is 0 Å². The second-order valence-corrected chi connectivity index (χ2v) is 9.19. The summed E-state index contributed by atoms with van der Waals surface area (Å²) in [5.74, 6) is -0.226. The summed E-state index contributed by atoms with van der Waals surface area (Å²) in [7, 11) is -3.51. The molecule has 28 heavy (non-hydrogen) atoms. The van der Waals surface area contributed by atoms with Crippen molar-refractivity contribution in [2.24, 2.45) is 5.10 Å². The summed E-state index contributed by atoms with van der Waals surface area (Å²) >= 11 is 3.31. The fourth-order valence-electron chi connectivity index (χ4n) is 2.84. The van der Waals surface area contributed by atoms with E-state index in [4.69, 9.17) is 0 Å². The Morgan fingerprint density at radius 1 is 1.04 bits per heavy atom. The minimum absolute atomic E-state index is 0.179. The monoisotopic (exact) mass is 464 g/mol. The van der Waals surface area contributed by atoms with Crippen LogP contribution in [0.25, 0.3) is 0 Å². The van der Waals surface area contributed by atoms with Gasteiger partial charge >= 0.3 is 0 Å². The van der Waals surface area contributed by atoms with E-state index in [9.17, 15) is 13.2 Å². The third-order valence-corrected chi connectivity index (χ3v) is 6.79. The van der Waals surface area contributed by atoms with Crippen molar-refractivity contribution >= 4 is 38.1 Å². The summed E-state index contributed by atoms with van der Waals surface area (Å²) in [5, 5.41) is 3.95. The summed E-state index contributed by atoms with van der Waals surface area (Å²) in [5.41, 5.74) is 3.40. The highest BCUT2D eigenvalue weighted by atomic mass is 79.9. The molecule has 0 atom stereocenters. The maximum atomic E-state index is 12.7. The molecule has 0 saturated carbocycles. The first-order valence-electron chi connectivity index (χ1n) is 8.80. The molecule has 0 unspecified atom stereocenters. The molecule has 0 radical (unpaired) electrons. The van der Waals surface area contributed by atoms with Crippen molar-refractivity contribution in [1.29, 1.82) is 0 Å². The molecule has 2 aromatic carbocycles. The van der Waals surface area contributed by atoms with Crippen molar-refractivity contribution in [2.45, 2.75) is 4.90 Å². The Balaban J connectivity index is 1.48. The Bertz CT molecular complexity index is 925. The molecule has 2 aromatic rings. The molecule has 3 rings (SSSR count). The largest absolute Gasteiger partial charge is 0.292 e. The van der Waals surface area contributed by atoms with Gasteiger partial charge < -0.3 is 0 Å². The number of halogens is 1. The normalized spacial score (nSPS) is 16.3. The average Bonchev–Trinajstić information content (AvgIpc) is 2.69. The number of nitrogens with one attached hydrogen (secondary N) is 1. The first-order valence-corrected chi connectivity index (χ1v) is 11.0. The highest BCUT2D eigenvalue weighted by molar-refractivity contribution is 9.10. The van der Waals surface area contributed by atoms with Gasteiger partial charge in [0.2, 0.25) is 10.0 Å². The van der Waals surface area contributed by atoms with E-state index < -0.39 is 10.0 Å². The first kappa shape index (κ1) is 20.7. The lowest BCUT2D eigenvalue weighted by Crippen LogP contribution is -2.50.